The Morgan fingerprint density at radius 3 is 2.55 bits per heavy atom. The zero-order valence-electron chi connectivity index (χ0n) is 26.2. The monoisotopic (exact) mass is 508 g/mol. The van der Waals surface area contributed by atoms with Crippen LogP contribution >= 0.6 is 0 Å². The van der Waals surface area contributed by atoms with Crippen LogP contribution < -0.4 is 4.90 Å². The average molecular weight is 509 g/mol. The Morgan fingerprint density at radius 2 is 1.84 bits per heavy atom. The molecule has 1 aromatic heterocycles. The third kappa shape index (κ3) is 4.76. The van der Waals surface area contributed by atoms with Gasteiger partial charge >= 0.3 is 5.97 Å². The zero-order chi connectivity index (χ0) is 30.5. The average Bonchev–Trinajstić information content (AvgIpc) is 3.70. The van der Waals surface area contributed by atoms with Crippen LogP contribution in [0.3, 0.4) is 0 Å². The summed E-state index contributed by atoms with van der Waals surface area (Å²) in [5, 5.41) is 13.1. The molecule has 5 nitrogen and oxygen atoms in total. The fourth-order valence-electron chi connectivity index (χ4n) is 5.62. The second-order valence-corrected chi connectivity index (χ2v) is 10.3. The van der Waals surface area contributed by atoms with Crippen molar-refractivity contribution in [2.45, 2.75) is 57.5 Å². The first-order valence-electron chi connectivity index (χ1n) is 15.5. The van der Waals surface area contributed by atoms with Gasteiger partial charge in [-0.1, -0.05) is 54.6 Å². The number of hydrogen-bond acceptors (Lipinski definition) is 3. The molecular weight excluding hydrogens is 470 g/mol. The van der Waals surface area contributed by atoms with E-state index < -0.39 is 19.3 Å². The van der Waals surface area contributed by atoms with Crippen molar-refractivity contribution < 1.29 is 16.8 Å². The molecule has 0 radical (unpaired) electrons. The molecule has 2 aliphatic rings. The lowest BCUT2D eigenvalue weighted by molar-refractivity contribution is -0.131. The zero-order valence-corrected chi connectivity index (χ0v) is 21.2. The van der Waals surface area contributed by atoms with Gasteiger partial charge in [0.25, 0.3) is 0 Å². The van der Waals surface area contributed by atoms with E-state index in [2.05, 4.69) is 65.5 Å². The maximum absolute atomic E-state index is 11.0. The number of nitrogens with zero attached hydrogens (tertiary/aromatic N) is 3. The van der Waals surface area contributed by atoms with Gasteiger partial charge in [0.2, 0.25) is 0 Å². The molecule has 1 aliphatic carbocycles. The first-order valence-corrected chi connectivity index (χ1v) is 13.0. The van der Waals surface area contributed by atoms with Crippen LogP contribution in [0.2, 0.25) is 0 Å². The molecular formula is C33H33N3O2. The number of rotatable bonds is 7. The first kappa shape index (κ1) is 19.0. The number of benzene rings is 3. The highest BCUT2D eigenvalue weighted by Crippen LogP contribution is 2.44. The summed E-state index contributed by atoms with van der Waals surface area (Å²) < 4.78 is 39.8. The second kappa shape index (κ2) is 9.97. The predicted molar refractivity (Wildman–Crippen MR) is 152 cm³/mol. The molecule has 4 aromatic rings. The van der Waals surface area contributed by atoms with E-state index in [1.807, 2.05) is 18.2 Å². The van der Waals surface area contributed by atoms with Crippen LogP contribution in [0, 0.1) is 0 Å². The van der Waals surface area contributed by atoms with Crippen molar-refractivity contribution in [3.05, 3.63) is 113 Å². The Labute approximate surface area is 231 Å². The van der Waals surface area contributed by atoms with Crippen LogP contribution in [-0.2, 0) is 17.7 Å². The number of carboxylic acid groups (broad SMARTS) is 1. The van der Waals surface area contributed by atoms with Crippen molar-refractivity contribution in [1.82, 2.24) is 9.78 Å². The van der Waals surface area contributed by atoms with Crippen molar-refractivity contribution in [2.75, 3.05) is 4.90 Å². The fraction of sp³-hybridized carbons (Fsp3) is 0.273. The molecule has 2 heterocycles. The van der Waals surface area contributed by atoms with Crippen molar-refractivity contribution in [2.24, 2.45) is 0 Å². The van der Waals surface area contributed by atoms with E-state index in [4.69, 9.17) is 12.0 Å². The van der Waals surface area contributed by atoms with Crippen molar-refractivity contribution >= 4 is 17.7 Å². The standard InChI is InChI=1S/C33H33N3O2/c1-3-35-21-29(20-34-35)27-13-16-31-28(19-27)18-22(2)36(30-14-11-25(12-15-30)24-9-10-24)33(31)26-7-4-23(5-8-26)6-17-32(37)38/h4-8,11-17,19-22,24,33H,3,9-10,18H2,1-2H3,(H,37,38)/b17-6+/t22-,33-/m1/s1/i1D3,3D2. The Hall–Kier alpha value is -4.12. The lowest BCUT2D eigenvalue weighted by atomic mass is 9.83. The maximum atomic E-state index is 11.0. The SMILES string of the molecule is [2H]C([2H])([2H])C([2H])([2H])n1cc(-c2ccc3c(c2)C[C@@H](C)N(c2ccc(C4CC4)cc2)[C@@H]3c2ccc(/C=C/C(=O)O)cc2)cn1. The molecule has 0 saturated heterocycles. The summed E-state index contributed by atoms with van der Waals surface area (Å²) in [7, 11) is 0. The molecule has 1 aliphatic heterocycles. The third-order valence-electron chi connectivity index (χ3n) is 7.65. The number of carbonyl (C=O) groups is 1. The second-order valence-electron chi connectivity index (χ2n) is 10.3. The van der Waals surface area contributed by atoms with Crippen molar-refractivity contribution in [3.8, 4) is 11.1 Å². The topological polar surface area (TPSA) is 58.4 Å². The molecule has 3 aromatic carbocycles. The van der Waals surface area contributed by atoms with Gasteiger partial charge in [0.05, 0.1) is 15.0 Å². The minimum atomic E-state index is -2.85. The van der Waals surface area contributed by atoms with E-state index in [9.17, 15) is 4.79 Å². The molecule has 1 N–H and O–H groups in total. The van der Waals surface area contributed by atoms with E-state index >= 15 is 0 Å². The summed E-state index contributed by atoms with van der Waals surface area (Å²) in [6, 6.07) is 23.1. The summed E-state index contributed by atoms with van der Waals surface area (Å²) in [6.07, 6.45) is 8.96. The van der Waals surface area contributed by atoms with E-state index in [0.29, 0.717) is 11.5 Å². The van der Waals surface area contributed by atoms with Gasteiger partial charge in [-0.25, -0.2) is 4.79 Å². The van der Waals surface area contributed by atoms with Crippen LogP contribution in [0.5, 0.6) is 0 Å². The third-order valence-corrected chi connectivity index (χ3v) is 7.65. The first-order chi connectivity index (χ1) is 20.4. The van der Waals surface area contributed by atoms with Gasteiger partial charge in [0.15, 0.2) is 0 Å². The number of carboxylic acids is 1. The largest absolute Gasteiger partial charge is 0.478 e. The van der Waals surface area contributed by atoms with Gasteiger partial charge in [-0.15, -0.1) is 0 Å². The van der Waals surface area contributed by atoms with Gasteiger partial charge < -0.3 is 10.0 Å². The number of aryl methyl sites for hydroxylation is 1. The van der Waals surface area contributed by atoms with E-state index in [0.717, 1.165) is 50.7 Å². The molecule has 6 rings (SSSR count). The number of anilines is 1. The molecule has 0 amide bonds. The molecule has 0 bridgehead atoms. The predicted octanol–water partition coefficient (Wildman–Crippen LogP) is 7.09. The molecule has 192 valence electrons. The number of aliphatic carboxylic acids is 1. The molecule has 2 atom stereocenters. The Balaban J connectivity index is 1.39. The quantitative estimate of drug-likeness (QED) is 0.271. The summed E-state index contributed by atoms with van der Waals surface area (Å²) in [4.78, 5) is 13.5. The molecule has 38 heavy (non-hydrogen) atoms. The normalized spacial score (nSPS) is 21.7. The smallest absolute Gasteiger partial charge is 0.328 e. The lowest BCUT2D eigenvalue weighted by Gasteiger charge is -2.44. The van der Waals surface area contributed by atoms with E-state index in [1.54, 1.807) is 6.08 Å². The van der Waals surface area contributed by atoms with Gasteiger partial charge in [0.1, 0.15) is 0 Å². The summed E-state index contributed by atoms with van der Waals surface area (Å²) >= 11 is 0. The van der Waals surface area contributed by atoms with E-state index in [-0.39, 0.29) is 12.1 Å². The molecule has 0 spiro atoms. The summed E-state index contributed by atoms with van der Waals surface area (Å²) in [5.41, 5.74) is 8.20. The van der Waals surface area contributed by atoms with Crippen LogP contribution in [0.25, 0.3) is 17.2 Å². The summed E-state index contributed by atoms with van der Waals surface area (Å²) in [6.45, 7) is -3.27. The molecule has 0 unspecified atom stereocenters. The van der Waals surface area contributed by atoms with Crippen LogP contribution in [0.15, 0.2) is 85.2 Å². The van der Waals surface area contributed by atoms with E-state index in [1.165, 1.54) is 30.8 Å². The minimum absolute atomic E-state index is 0.0931. The number of aromatic nitrogens is 2. The highest BCUT2D eigenvalue weighted by atomic mass is 16.4. The highest BCUT2D eigenvalue weighted by molar-refractivity contribution is 5.85. The van der Waals surface area contributed by atoms with Crippen LogP contribution in [0.1, 0.15) is 73.2 Å². The fourth-order valence-corrected chi connectivity index (χ4v) is 5.62. The Kier molecular flexibility index (Phi) is 4.99. The van der Waals surface area contributed by atoms with Crippen molar-refractivity contribution in [1.29, 1.82) is 0 Å². The van der Waals surface area contributed by atoms with Gasteiger partial charge in [-0.2, -0.15) is 5.10 Å². The van der Waals surface area contributed by atoms with Crippen molar-refractivity contribution in [3.63, 3.8) is 0 Å². The molecule has 1 fully saturated rings. The van der Waals surface area contributed by atoms with Gasteiger partial charge in [-0.3, -0.25) is 4.68 Å². The molecule has 5 heteroatoms. The highest BCUT2D eigenvalue weighted by Gasteiger charge is 2.34. The summed E-state index contributed by atoms with van der Waals surface area (Å²) in [5.74, 6) is -0.315. The minimum Gasteiger partial charge on any atom is -0.478 e. The van der Waals surface area contributed by atoms with Gasteiger partial charge in [0, 0.05) is 40.2 Å². The lowest BCUT2D eigenvalue weighted by Crippen LogP contribution is -2.42. The van der Waals surface area contributed by atoms with Crippen LogP contribution in [-0.4, -0.2) is 26.9 Å². The molecule has 1 saturated carbocycles. The van der Waals surface area contributed by atoms with Gasteiger partial charge in [-0.05, 0) is 90.5 Å². The van der Waals surface area contributed by atoms with Crippen LogP contribution in [0.4, 0.5) is 5.69 Å². The maximum Gasteiger partial charge on any atom is 0.328 e. The number of hydrogen-bond donors (Lipinski definition) is 1. The Bertz CT molecular complexity index is 1670. The Morgan fingerprint density at radius 1 is 1.08 bits per heavy atom. The number of fused-ring (bicyclic) bond motifs is 1.